The molecule has 26 heteroatoms. The highest BCUT2D eigenvalue weighted by Crippen LogP contribution is 2.33. The van der Waals surface area contributed by atoms with E-state index >= 15 is 0 Å². The highest BCUT2D eigenvalue weighted by atomic mass is 32.2. The van der Waals surface area contributed by atoms with Gasteiger partial charge in [-0.2, -0.15) is 11.8 Å². The molecule has 2 heterocycles. The maximum absolute atomic E-state index is 14.9. The number of benzene rings is 2. The predicted octanol–water partition coefficient (Wildman–Crippen LogP) is 7.77. The normalized spacial score (nSPS) is 17.8. The topological polar surface area (TPSA) is 325 Å². The van der Waals surface area contributed by atoms with Gasteiger partial charge in [-0.05, 0) is 91.7 Å². The summed E-state index contributed by atoms with van der Waals surface area (Å²) in [5.41, 5.74) is 6.77. The minimum atomic E-state index is -3.80. The molecule has 24 nitrogen and oxygen atoms in total. The van der Waals surface area contributed by atoms with Crippen molar-refractivity contribution in [3.05, 3.63) is 65.7 Å². The number of sulfone groups is 1. The summed E-state index contributed by atoms with van der Waals surface area (Å²) in [6.07, 6.45) is 3.10. The summed E-state index contributed by atoms with van der Waals surface area (Å²) in [6, 6.07) is 11.4. The molecule has 96 heavy (non-hydrogen) atoms. The van der Waals surface area contributed by atoms with Gasteiger partial charge in [0.2, 0.25) is 35.4 Å². The number of hydrogen-bond donors (Lipinski definition) is 4. The van der Waals surface area contributed by atoms with Crippen molar-refractivity contribution < 1.29 is 75.4 Å². The van der Waals surface area contributed by atoms with Gasteiger partial charge in [-0.15, -0.1) is 0 Å². The number of imide groups is 1. The number of thioether (sulfide) groups is 1. The molecule has 0 aliphatic carbocycles. The van der Waals surface area contributed by atoms with Crippen molar-refractivity contribution in [1.82, 2.24) is 30.2 Å². The van der Waals surface area contributed by atoms with Crippen LogP contribution in [0.25, 0.3) is 0 Å². The van der Waals surface area contributed by atoms with E-state index in [9.17, 15) is 61.2 Å². The number of carbonyl (C=O) groups excluding carboxylic acids is 11. The highest BCUT2D eigenvalue weighted by Gasteiger charge is 2.45. The Hall–Kier alpha value is -6.77. The maximum atomic E-state index is 14.9. The number of rotatable bonds is 42. The molecule has 0 radical (unpaired) electrons. The van der Waals surface area contributed by atoms with Crippen LogP contribution in [0.4, 0.5) is 15.3 Å². The molecule has 2 aliphatic heterocycles. The van der Waals surface area contributed by atoms with Crippen LogP contribution in [0, 0.1) is 41.4 Å². The van der Waals surface area contributed by atoms with Gasteiger partial charge in [-0.25, -0.2) is 18.0 Å². The molecule has 1 unspecified atom stereocenters. The summed E-state index contributed by atoms with van der Waals surface area (Å²) >= 11 is 1.35. The third-order valence-electron chi connectivity index (χ3n) is 18.7. The number of ether oxygens (including phenoxy) is 3. The van der Waals surface area contributed by atoms with Gasteiger partial charge in [0.15, 0.2) is 27.2 Å². The molecule has 5 N–H and O–H groups in total. The molecular weight excluding hydrogens is 1270 g/mol. The van der Waals surface area contributed by atoms with Crippen LogP contribution in [0.3, 0.4) is 0 Å². The zero-order valence-electron chi connectivity index (χ0n) is 58.9. The molecule has 2 fully saturated rings. The van der Waals surface area contributed by atoms with E-state index in [2.05, 4.69) is 16.0 Å². The van der Waals surface area contributed by atoms with Gasteiger partial charge >= 0.3 is 12.1 Å². The van der Waals surface area contributed by atoms with Gasteiger partial charge in [0, 0.05) is 97.1 Å². The fourth-order valence-corrected chi connectivity index (χ4v) is 15.2. The van der Waals surface area contributed by atoms with Crippen LogP contribution in [0.15, 0.2) is 54.6 Å². The average Bonchev–Trinajstić information content (AvgIpc) is 1.32. The van der Waals surface area contributed by atoms with E-state index < -0.39 is 99.5 Å². The lowest BCUT2D eigenvalue weighted by molar-refractivity contribution is -0.149. The van der Waals surface area contributed by atoms with E-state index in [1.807, 2.05) is 27.7 Å². The Bertz CT molecular complexity index is 3060. The Morgan fingerprint density at radius 1 is 0.771 bits per heavy atom. The minimum Gasteiger partial charge on any atom is -0.445 e. The molecule has 536 valence electrons. The lowest BCUT2D eigenvalue weighted by Crippen LogP contribution is -2.54. The van der Waals surface area contributed by atoms with Gasteiger partial charge in [-0.1, -0.05) is 118 Å². The molecule has 2 aromatic rings. The van der Waals surface area contributed by atoms with E-state index in [1.165, 1.54) is 42.8 Å². The minimum absolute atomic E-state index is 0.118. The van der Waals surface area contributed by atoms with E-state index in [0.29, 0.717) is 68.3 Å². The number of Topliss-reactive ketones (excluding diaryl/α,β-unsaturated/α-hetero) is 3. The smallest absolute Gasteiger partial charge is 0.410 e. The van der Waals surface area contributed by atoms with Gasteiger partial charge in [0.25, 0.3) is 0 Å². The van der Waals surface area contributed by atoms with E-state index in [0.717, 1.165) is 0 Å². The fourth-order valence-electron chi connectivity index (χ4n) is 13.0. The number of nitrogens with one attached hydrogen (secondary N) is 3. The van der Waals surface area contributed by atoms with Crippen molar-refractivity contribution in [2.24, 2.45) is 47.2 Å². The number of primary amides is 1. The first-order valence-electron chi connectivity index (χ1n) is 33.7. The van der Waals surface area contributed by atoms with Crippen molar-refractivity contribution in [1.29, 1.82) is 0 Å². The van der Waals surface area contributed by atoms with Gasteiger partial charge in [0.1, 0.15) is 12.4 Å². The SMILES string of the molecule is CC[C@H](C)[C@@H]([C@@H](CC(=O)N1CCC[C@H]1[C@H](OC)[C@@H](C)C(=O)CS(=O)(=O)Cc1ccccc1)OC)N(C)C(=O)[C@@H](CC(=O)[C@H](C(C)C)N(C)C(=O)OCc1ccc(NC(=O)[C@H](CCCNC(N)=O)CC(=O)[C@@H](NC(=O)CCCCCN2C(=O)CC(SC)C2=O)C(C)C)cc1)C(C)C. The molecule has 2 saturated heterocycles. The fraction of sp³-hybridized carbons (Fsp3) is 0.671. The zero-order chi connectivity index (χ0) is 71.7. The van der Waals surface area contributed by atoms with Crippen LogP contribution < -0.4 is 21.7 Å². The molecule has 4 rings (SSSR count). The van der Waals surface area contributed by atoms with Crippen molar-refractivity contribution in [2.75, 3.05) is 65.3 Å². The third kappa shape index (κ3) is 24.3. The number of anilines is 1. The quantitative estimate of drug-likeness (QED) is 0.0364. The molecule has 2 aliphatic rings. The maximum Gasteiger partial charge on any atom is 0.410 e. The molecule has 0 aromatic heterocycles. The number of likely N-dealkylation sites (N-methyl/N-ethyl adjacent to an activating group) is 2. The number of urea groups is 1. The zero-order valence-corrected chi connectivity index (χ0v) is 60.6. The Morgan fingerprint density at radius 3 is 2.01 bits per heavy atom. The Balaban J connectivity index is 1.37. The standard InChI is InChI=1S/C70H108N8O16S2/c1-15-46(8)64(57(92-12)38-60(83)77-35-23-27-53(77)65(93-13)47(9)56(81)42-96(90,91)41-49-24-18-16-19-25-49)75(10)67(86)52(43(2)3)37-55(80)63(45(6)7)76(11)70(89)94-40-48-29-31-51(32-30-48)73-66(85)50(26-22-33-72-69(71)88)36-54(79)62(44(4)5)74-59(82)28-20-17-21-34-78-61(84)39-58(95-14)68(78)87/h16,18-19,24-25,29-32,43-47,50,52-53,57-58,62-65H,15,17,20-23,26-28,33-42H2,1-14H3,(H,73,85)(H,74,82)(H3,71,72,88)/t46-,47-,50+,52-,53-,57+,58?,62-,63-,64-,65+/m0/s1. The summed E-state index contributed by atoms with van der Waals surface area (Å²) < 4.78 is 44.0. The second-order valence-electron chi connectivity index (χ2n) is 26.8. The largest absolute Gasteiger partial charge is 0.445 e. The summed E-state index contributed by atoms with van der Waals surface area (Å²) in [4.78, 5) is 154. The second-order valence-corrected chi connectivity index (χ2v) is 30.0. The molecule has 0 spiro atoms. The number of likely N-dealkylation sites (tertiary alicyclic amines) is 2. The van der Waals surface area contributed by atoms with Crippen molar-refractivity contribution in [2.45, 2.75) is 200 Å². The van der Waals surface area contributed by atoms with Crippen LogP contribution in [0.2, 0.25) is 0 Å². The number of carbonyl (C=O) groups is 11. The second kappa shape index (κ2) is 39.6. The third-order valence-corrected chi connectivity index (χ3v) is 21.1. The molecule has 2 aromatic carbocycles. The molecular formula is C70H108N8O16S2. The number of nitrogens with two attached hydrogens (primary N) is 1. The highest BCUT2D eigenvalue weighted by molar-refractivity contribution is 8.00. The number of nitrogens with zero attached hydrogens (tertiary/aromatic N) is 4. The van der Waals surface area contributed by atoms with Crippen molar-refractivity contribution in [3.63, 3.8) is 0 Å². The van der Waals surface area contributed by atoms with E-state index in [1.54, 1.807) is 112 Å². The van der Waals surface area contributed by atoms with Crippen LogP contribution >= 0.6 is 11.8 Å². The lowest BCUT2D eigenvalue weighted by atomic mass is 9.83. The van der Waals surface area contributed by atoms with Crippen LogP contribution in [-0.4, -0.2) is 195 Å². The average molecular weight is 1380 g/mol. The Labute approximate surface area is 573 Å². The number of ketones is 3. The Kier molecular flexibility index (Phi) is 33.7. The Morgan fingerprint density at radius 2 is 1.44 bits per heavy atom. The molecule has 0 saturated carbocycles. The monoisotopic (exact) mass is 1380 g/mol. The first kappa shape index (κ1) is 81.7. The number of amides is 9. The lowest BCUT2D eigenvalue weighted by Gasteiger charge is -2.41. The summed E-state index contributed by atoms with van der Waals surface area (Å²) in [5.74, 6) is -7.72. The number of hydrogen-bond acceptors (Lipinski definition) is 17. The first-order chi connectivity index (χ1) is 45.3. The molecule has 11 atom stereocenters. The number of methoxy groups -OCH3 is 2. The van der Waals surface area contributed by atoms with Crippen LogP contribution in [0.5, 0.6) is 0 Å². The molecule has 0 bridgehead atoms. The van der Waals surface area contributed by atoms with Gasteiger partial charge in [0.05, 0.1) is 53.8 Å². The van der Waals surface area contributed by atoms with E-state index in [4.69, 9.17) is 19.9 Å². The van der Waals surface area contributed by atoms with Gasteiger partial charge < -0.3 is 50.6 Å². The number of unbranched alkanes of at least 4 members (excludes halogenated alkanes) is 2. The van der Waals surface area contributed by atoms with Crippen molar-refractivity contribution >= 4 is 92.2 Å². The summed E-state index contributed by atoms with van der Waals surface area (Å²) in [5, 5.41) is 7.85. The summed E-state index contributed by atoms with van der Waals surface area (Å²) in [7, 11) is 2.26. The van der Waals surface area contributed by atoms with Crippen molar-refractivity contribution in [3.8, 4) is 0 Å². The predicted molar refractivity (Wildman–Crippen MR) is 368 cm³/mol. The van der Waals surface area contributed by atoms with Gasteiger partial charge in [-0.3, -0.25) is 48.1 Å². The summed E-state index contributed by atoms with van der Waals surface area (Å²) in [6.45, 7) is 17.1. The first-order valence-corrected chi connectivity index (χ1v) is 36.8. The van der Waals surface area contributed by atoms with Crippen LogP contribution in [0.1, 0.15) is 157 Å². The van der Waals surface area contributed by atoms with Crippen LogP contribution in [-0.2, 0) is 79.6 Å². The van der Waals surface area contributed by atoms with E-state index in [-0.39, 0.29) is 128 Å². The molecule has 9 amide bonds.